The van der Waals surface area contributed by atoms with Gasteiger partial charge in [0.25, 0.3) is 0 Å². The Kier molecular flexibility index (Phi) is 3.85. The van der Waals surface area contributed by atoms with Crippen molar-refractivity contribution in [1.29, 1.82) is 0 Å². The number of hydrogen-bond donors (Lipinski definition) is 0. The number of benzene rings is 2. The van der Waals surface area contributed by atoms with Crippen LogP contribution in [0.1, 0.15) is 27.8 Å². The first-order chi connectivity index (χ1) is 10.9. The third-order valence-corrected chi connectivity index (χ3v) is 4.84. The molecule has 0 aliphatic rings. The normalized spacial score (nSPS) is 11.0. The van der Waals surface area contributed by atoms with Crippen LogP contribution in [0.3, 0.4) is 0 Å². The fraction of sp³-hybridized carbons (Fsp3) is 0.286. The Balaban J connectivity index is 2.15. The first-order valence-corrected chi connectivity index (χ1v) is 8.07. The first-order valence-electron chi connectivity index (χ1n) is 8.07. The van der Waals surface area contributed by atoms with Crippen LogP contribution in [0.5, 0.6) is 0 Å². The van der Waals surface area contributed by atoms with E-state index in [2.05, 4.69) is 71.0 Å². The number of hydrogen-bond acceptors (Lipinski definition) is 1. The molecule has 0 aliphatic heterocycles. The van der Waals surface area contributed by atoms with Crippen LogP contribution < -0.4 is 0 Å². The zero-order valence-corrected chi connectivity index (χ0v) is 14.9. The van der Waals surface area contributed by atoms with E-state index in [9.17, 15) is 0 Å². The highest BCUT2D eigenvalue weighted by Gasteiger charge is 2.16. The molecule has 2 nitrogen and oxygen atoms in total. The predicted molar refractivity (Wildman–Crippen MR) is 97.8 cm³/mol. The van der Waals surface area contributed by atoms with E-state index >= 15 is 0 Å². The predicted octanol–water partition coefficient (Wildman–Crippen LogP) is 5.30. The second kappa shape index (κ2) is 5.69. The van der Waals surface area contributed by atoms with E-state index in [4.69, 9.17) is 5.10 Å². The maximum atomic E-state index is 4.80. The van der Waals surface area contributed by atoms with Gasteiger partial charge in [-0.3, -0.25) is 4.68 Å². The van der Waals surface area contributed by atoms with E-state index in [0.717, 1.165) is 5.69 Å². The van der Waals surface area contributed by atoms with Crippen molar-refractivity contribution < 1.29 is 0 Å². The summed E-state index contributed by atoms with van der Waals surface area (Å²) >= 11 is 0. The zero-order valence-electron chi connectivity index (χ0n) is 14.9. The first kappa shape index (κ1) is 15.5. The molecule has 0 amide bonds. The highest BCUT2D eigenvalue weighted by molar-refractivity contribution is 5.75. The minimum Gasteiger partial charge on any atom is -0.267 e. The van der Waals surface area contributed by atoms with E-state index < -0.39 is 0 Å². The van der Waals surface area contributed by atoms with Crippen LogP contribution in [0.15, 0.2) is 36.4 Å². The Morgan fingerprint density at radius 1 is 0.696 bits per heavy atom. The Bertz CT molecular complexity index is 885. The van der Waals surface area contributed by atoms with Crippen LogP contribution in [-0.4, -0.2) is 9.78 Å². The van der Waals surface area contributed by atoms with Crippen LogP contribution in [0, 0.1) is 34.6 Å². The second-order valence-corrected chi connectivity index (χ2v) is 6.54. The SMILES string of the molecule is Cc1ccc(-c2nn(C)c(-c3ccc(C)c(C)c3)c2C)cc1C. The number of aryl methyl sites for hydroxylation is 5. The molecule has 0 saturated carbocycles. The van der Waals surface area contributed by atoms with Gasteiger partial charge in [-0.05, 0) is 69.0 Å². The summed E-state index contributed by atoms with van der Waals surface area (Å²) in [4.78, 5) is 0. The molecule has 0 bridgehead atoms. The fourth-order valence-electron chi connectivity index (χ4n) is 3.08. The van der Waals surface area contributed by atoms with Crippen molar-refractivity contribution >= 4 is 0 Å². The number of rotatable bonds is 2. The Morgan fingerprint density at radius 2 is 1.22 bits per heavy atom. The molecule has 1 aromatic heterocycles. The minimum absolute atomic E-state index is 1.07. The van der Waals surface area contributed by atoms with E-state index in [1.807, 2.05) is 11.7 Å². The van der Waals surface area contributed by atoms with Gasteiger partial charge in [0.15, 0.2) is 0 Å². The average Bonchev–Trinajstić information content (AvgIpc) is 2.80. The molecule has 3 aromatic rings. The molecule has 0 N–H and O–H groups in total. The van der Waals surface area contributed by atoms with E-state index in [1.54, 1.807) is 0 Å². The Labute approximate surface area is 138 Å². The summed E-state index contributed by atoms with van der Waals surface area (Å²) in [5.41, 5.74) is 11.2. The standard InChI is InChI=1S/C21H24N2/c1-13-7-9-18(11-15(13)3)20-17(5)21(23(6)22-20)19-10-8-14(2)16(4)12-19/h7-12H,1-6H3. The second-order valence-electron chi connectivity index (χ2n) is 6.54. The average molecular weight is 304 g/mol. The molecule has 2 aromatic carbocycles. The molecule has 2 heteroatoms. The monoisotopic (exact) mass is 304 g/mol. The summed E-state index contributed by atoms with van der Waals surface area (Å²) in [6.45, 7) is 10.8. The van der Waals surface area contributed by atoms with Crippen molar-refractivity contribution in [2.24, 2.45) is 7.05 Å². The van der Waals surface area contributed by atoms with Gasteiger partial charge in [-0.25, -0.2) is 0 Å². The summed E-state index contributed by atoms with van der Waals surface area (Å²) in [7, 11) is 2.03. The largest absolute Gasteiger partial charge is 0.267 e. The maximum absolute atomic E-state index is 4.80. The van der Waals surface area contributed by atoms with Gasteiger partial charge in [-0.15, -0.1) is 0 Å². The Morgan fingerprint density at radius 3 is 1.78 bits per heavy atom. The molecule has 0 radical (unpaired) electrons. The van der Waals surface area contributed by atoms with Crippen molar-refractivity contribution in [3.8, 4) is 22.5 Å². The molecule has 118 valence electrons. The van der Waals surface area contributed by atoms with Crippen molar-refractivity contribution in [3.05, 3.63) is 64.2 Å². The summed E-state index contributed by atoms with van der Waals surface area (Å²) in [6.07, 6.45) is 0. The number of nitrogens with zero attached hydrogens (tertiary/aromatic N) is 2. The van der Waals surface area contributed by atoms with Crippen molar-refractivity contribution in [1.82, 2.24) is 9.78 Å². The smallest absolute Gasteiger partial charge is 0.0958 e. The van der Waals surface area contributed by atoms with Gasteiger partial charge in [-0.1, -0.05) is 24.3 Å². The highest BCUT2D eigenvalue weighted by atomic mass is 15.3. The van der Waals surface area contributed by atoms with E-state index in [-0.39, 0.29) is 0 Å². The fourth-order valence-corrected chi connectivity index (χ4v) is 3.08. The van der Waals surface area contributed by atoms with Crippen LogP contribution in [0.25, 0.3) is 22.5 Å². The third kappa shape index (κ3) is 2.70. The van der Waals surface area contributed by atoms with Gasteiger partial charge in [0.2, 0.25) is 0 Å². The topological polar surface area (TPSA) is 17.8 Å². The molecule has 0 unspecified atom stereocenters. The molecule has 0 atom stereocenters. The molecule has 0 spiro atoms. The molecule has 0 aliphatic carbocycles. The van der Waals surface area contributed by atoms with E-state index in [0.29, 0.717) is 0 Å². The van der Waals surface area contributed by atoms with Crippen LogP contribution >= 0.6 is 0 Å². The lowest BCUT2D eigenvalue weighted by atomic mass is 9.98. The molecule has 23 heavy (non-hydrogen) atoms. The van der Waals surface area contributed by atoms with Gasteiger partial charge in [0.1, 0.15) is 0 Å². The van der Waals surface area contributed by atoms with Crippen molar-refractivity contribution in [2.45, 2.75) is 34.6 Å². The third-order valence-electron chi connectivity index (χ3n) is 4.84. The molecule has 3 rings (SSSR count). The lowest BCUT2D eigenvalue weighted by Crippen LogP contribution is -1.95. The molecule has 0 saturated heterocycles. The van der Waals surface area contributed by atoms with Gasteiger partial charge in [-0.2, -0.15) is 5.10 Å². The molecular weight excluding hydrogens is 280 g/mol. The number of aromatic nitrogens is 2. The van der Waals surface area contributed by atoms with E-state index in [1.165, 1.54) is 44.6 Å². The lowest BCUT2D eigenvalue weighted by molar-refractivity contribution is 0.778. The van der Waals surface area contributed by atoms with Crippen molar-refractivity contribution in [2.75, 3.05) is 0 Å². The lowest BCUT2D eigenvalue weighted by Gasteiger charge is -2.07. The summed E-state index contributed by atoms with van der Waals surface area (Å²) in [5.74, 6) is 0. The molecule has 0 fully saturated rings. The van der Waals surface area contributed by atoms with Crippen LogP contribution in [0.2, 0.25) is 0 Å². The minimum atomic E-state index is 1.07. The summed E-state index contributed by atoms with van der Waals surface area (Å²) in [6, 6.07) is 13.2. The quantitative estimate of drug-likeness (QED) is 0.628. The highest BCUT2D eigenvalue weighted by Crippen LogP contribution is 2.32. The maximum Gasteiger partial charge on any atom is 0.0958 e. The molecular formula is C21H24N2. The van der Waals surface area contributed by atoms with Gasteiger partial charge in [0, 0.05) is 23.7 Å². The Hall–Kier alpha value is -2.35. The zero-order chi connectivity index (χ0) is 16.7. The van der Waals surface area contributed by atoms with Gasteiger partial charge in [0.05, 0.1) is 11.4 Å². The van der Waals surface area contributed by atoms with Crippen molar-refractivity contribution in [3.63, 3.8) is 0 Å². The van der Waals surface area contributed by atoms with Gasteiger partial charge < -0.3 is 0 Å². The van der Waals surface area contributed by atoms with Gasteiger partial charge >= 0.3 is 0 Å². The molecule has 1 heterocycles. The summed E-state index contributed by atoms with van der Waals surface area (Å²) in [5, 5.41) is 4.80. The van der Waals surface area contributed by atoms with Crippen LogP contribution in [-0.2, 0) is 7.05 Å². The van der Waals surface area contributed by atoms with Crippen LogP contribution in [0.4, 0.5) is 0 Å². The summed E-state index contributed by atoms with van der Waals surface area (Å²) < 4.78 is 2.00.